The molecule has 1 aromatic carbocycles. The summed E-state index contributed by atoms with van der Waals surface area (Å²) in [5.74, 6) is 1.08. The van der Waals surface area contributed by atoms with E-state index >= 15 is 0 Å². The van der Waals surface area contributed by atoms with E-state index in [0.29, 0.717) is 6.04 Å². The van der Waals surface area contributed by atoms with E-state index in [-0.39, 0.29) is 11.9 Å². The predicted octanol–water partition coefficient (Wildman–Crippen LogP) is 2.23. The number of phenols is 1. The second kappa shape index (κ2) is 4.38. The zero-order valence-corrected chi connectivity index (χ0v) is 11.0. The smallest absolute Gasteiger partial charge is 0.209 e. The van der Waals surface area contributed by atoms with Crippen molar-refractivity contribution in [2.75, 3.05) is 5.32 Å². The Balaban J connectivity index is 1.60. The molecule has 5 nitrogen and oxygen atoms in total. The maximum Gasteiger partial charge on any atom is 0.209 e. The second-order valence-electron chi connectivity index (χ2n) is 5.31. The maximum atomic E-state index is 9.55. The van der Waals surface area contributed by atoms with Crippen molar-refractivity contribution < 1.29 is 5.11 Å². The first-order valence-corrected chi connectivity index (χ1v) is 6.87. The molecule has 1 atom stereocenters. The Kier molecular flexibility index (Phi) is 2.53. The van der Waals surface area contributed by atoms with Crippen LogP contribution in [-0.4, -0.2) is 26.9 Å². The fourth-order valence-corrected chi connectivity index (χ4v) is 2.39. The van der Waals surface area contributed by atoms with Gasteiger partial charge in [-0.05, 0) is 31.1 Å². The molecule has 1 saturated carbocycles. The highest BCUT2D eigenvalue weighted by molar-refractivity contribution is 5.64. The van der Waals surface area contributed by atoms with Crippen molar-refractivity contribution in [3.63, 3.8) is 0 Å². The van der Waals surface area contributed by atoms with Crippen molar-refractivity contribution in [1.82, 2.24) is 14.9 Å². The molecule has 2 aromatic rings. The standard InChI is InChI=1S/C15H16N4O/c20-12-3-1-2-10(8-12)13-9-19-7-6-14(16-11-4-5-11)18-15(19)17-13/h1-3,6-9,11,14,16,20H,4-5H2,(H,17,18). The number of phenolic OH excluding ortho intramolecular Hbond substituents is 1. The summed E-state index contributed by atoms with van der Waals surface area (Å²) in [6, 6.07) is 7.79. The summed E-state index contributed by atoms with van der Waals surface area (Å²) in [7, 11) is 0. The summed E-state index contributed by atoms with van der Waals surface area (Å²) in [6.45, 7) is 0. The van der Waals surface area contributed by atoms with Gasteiger partial charge in [-0.1, -0.05) is 12.1 Å². The largest absolute Gasteiger partial charge is 0.508 e. The van der Waals surface area contributed by atoms with Crippen molar-refractivity contribution >= 4 is 12.1 Å². The molecule has 2 aliphatic rings. The van der Waals surface area contributed by atoms with Crippen molar-refractivity contribution in [1.29, 1.82) is 0 Å². The van der Waals surface area contributed by atoms with Crippen LogP contribution in [-0.2, 0) is 0 Å². The quantitative estimate of drug-likeness (QED) is 0.799. The predicted molar refractivity (Wildman–Crippen MR) is 78.2 cm³/mol. The molecule has 1 aliphatic carbocycles. The third-order valence-electron chi connectivity index (χ3n) is 3.59. The minimum atomic E-state index is 0.148. The van der Waals surface area contributed by atoms with Crippen LogP contribution in [0.15, 0.2) is 36.5 Å². The number of hydrogen-bond acceptors (Lipinski definition) is 4. The number of hydrogen-bond donors (Lipinski definition) is 3. The fraction of sp³-hybridized carbons (Fsp3) is 0.267. The molecule has 0 saturated heterocycles. The number of aromatic nitrogens is 2. The molecule has 1 aliphatic heterocycles. The molecule has 0 spiro atoms. The zero-order valence-electron chi connectivity index (χ0n) is 11.0. The number of benzene rings is 1. The van der Waals surface area contributed by atoms with Crippen molar-refractivity contribution in [2.24, 2.45) is 0 Å². The van der Waals surface area contributed by atoms with E-state index in [4.69, 9.17) is 0 Å². The highest BCUT2D eigenvalue weighted by Gasteiger charge is 2.25. The molecule has 0 radical (unpaired) electrons. The molecule has 4 rings (SSSR count). The summed E-state index contributed by atoms with van der Waals surface area (Å²) in [5, 5.41) is 16.4. The molecule has 1 unspecified atom stereocenters. The van der Waals surface area contributed by atoms with Crippen LogP contribution >= 0.6 is 0 Å². The third-order valence-corrected chi connectivity index (χ3v) is 3.59. The maximum absolute atomic E-state index is 9.55. The molecule has 1 aromatic heterocycles. The number of anilines is 1. The van der Waals surface area contributed by atoms with Gasteiger partial charge in [-0.25, -0.2) is 4.98 Å². The van der Waals surface area contributed by atoms with Gasteiger partial charge in [0.25, 0.3) is 0 Å². The second-order valence-corrected chi connectivity index (χ2v) is 5.31. The summed E-state index contributed by atoms with van der Waals surface area (Å²) in [6.07, 6.45) is 8.74. The molecule has 3 N–H and O–H groups in total. The first-order valence-electron chi connectivity index (χ1n) is 6.87. The number of nitrogens with zero attached hydrogens (tertiary/aromatic N) is 2. The summed E-state index contributed by atoms with van der Waals surface area (Å²) in [5.41, 5.74) is 1.76. The normalized spacial score (nSPS) is 20.5. The lowest BCUT2D eigenvalue weighted by Crippen LogP contribution is -2.38. The van der Waals surface area contributed by atoms with Gasteiger partial charge >= 0.3 is 0 Å². The lowest BCUT2D eigenvalue weighted by Gasteiger charge is -2.20. The molecule has 20 heavy (non-hydrogen) atoms. The molecular formula is C15H16N4O. The first kappa shape index (κ1) is 11.5. The highest BCUT2D eigenvalue weighted by atomic mass is 16.3. The molecule has 2 heterocycles. The molecule has 5 heteroatoms. The minimum Gasteiger partial charge on any atom is -0.508 e. The van der Waals surface area contributed by atoms with Crippen LogP contribution in [0.25, 0.3) is 17.5 Å². The van der Waals surface area contributed by atoms with Crippen LogP contribution in [0.2, 0.25) is 0 Å². The van der Waals surface area contributed by atoms with Crippen LogP contribution in [0.5, 0.6) is 5.75 Å². The average molecular weight is 268 g/mol. The van der Waals surface area contributed by atoms with Gasteiger partial charge in [0.1, 0.15) is 11.9 Å². The van der Waals surface area contributed by atoms with Crippen LogP contribution in [0, 0.1) is 0 Å². The van der Waals surface area contributed by atoms with Gasteiger partial charge in [0, 0.05) is 24.0 Å². The van der Waals surface area contributed by atoms with E-state index in [2.05, 4.69) is 21.7 Å². The van der Waals surface area contributed by atoms with Gasteiger partial charge in [0.2, 0.25) is 5.95 Å². The van der Waals surface area contributed by atoms with Crippen molar-refractivity contribution in [3.05, 3.63) is 36.5 Å². The third kappa shape index (κ3) is 2.16. The Labute approximate surface area is 117 Å². The van der Waals surface area contributed by atoms with Crippen LogP contribution in [0.3, 0.4) is 0 Å². The number of aromatic hydroxyl groups is 1. The van der Waals surface area contributed by atoms with Gasteiger partial charge in [-0.15, -0.1) is 0 Å². The Bertz CT molecular complexity index is 672. The number of nitrogens with one attached hydrogen (secondary N) is 2. The van der Waals surface area contributed by atoms with Crippen LogP contribution in [0.1, 0.15) is 12.8 Å². The fourth-order valence-electron chi connectivity index (χ4n) is 2.39. The molecule has 0 bridgehead atoms. The average Bonchev–Trinajstić information content (AvgIpc) is 3.15. The van der Waals surface area contributed by atoms with E-state index < -0.39 is 0 Å². The SMILES string of the molecule is Oc1cccc(-c2cn3c(n2)NC(NC2CC2)C=C3)c1. The Morgan fingerprint density at radius 2 is 2.25 bits per heavy atom. The summed E-state index contributed by atoms with van der Waals surface area (Å²) < 4.78 is 1.96. The monoisotopic (exact) mass is 268 g/mol. The van der Waals surface area contributed by atoms with Crippen molar-refractivity contribution in [2.45, 2.75) is 25.0 Å². The summed E-state index contributed by atoms with van der Waals surface area (Å²) in [4.78, 5) is 4.59. The van der Waals surface area contributed by atoms with E-state index in [1.807, 2.05) is 29.1 Å². The first-order chi connectivity index (χ1) is 9.78. The van der Waals surface area contributed by atoms with Gasteiger partial charge in [-0.2, -0.15) is 0 Å². The van der Waals surface area contributed by atoms with Gasteiger partial charge in [-0.3, -0.25) is 9.88 Å². The zero-order chi connectivity index (χ0) is 13.5. The lowest BCUT2D eigenvalue weighted by atomic mass is 10.1. The Morgan fingerprint density at radius 1 is 1.35 bits per heavy atom. The van der Waals surface area contributed by atoms with Crippen LogP contribution in [0.4, 0.5) is 5.95 Å². The Hall–Kier alpha value is -2.27. The lowest BCUT2D eigenvalue weighted by molar-refractivity contribution is 0.475. The number of fused-ring (bicyclic) bond motifs is 1. The topological polar surface area (TPSA) is 62.1 Å². The number of rotatable bonds is 3. The van der Waals surface area contributed by atoms with Crippen LogP contribution < -0.4 is 10.6 Å². The highest BCUT2D eigenvalue weighted by Crippen LogP contribution is 2.26. The van der Waals surface area contributed by atoms with E-state index in [9.17, 15) is 5.11 Å². The molecular weight excluding hydrogens is 252 g/mol. The van der Waals surface area contributed by atoms with Gasteiger partial charge < -0.3 is 10.4 Å². The van der Waals surface area contributed by atoms with Gasteiger partial charge in [0.15, 0.2) is 0 Å². The summed E-state index contributed by atoms with van der Waals surface area (Å²) >= 11 is 0. The van der Waals surface area contributed by atoms with E-state index in [1.165, 1.54) is 12.8 Å². The Morgan fingerprint density at radius 3 is 3.05 bits per heavy atom. The molecule has 1 fully saturated rings. The molecule has 0 amide bonds. The van der Waals surface area contributed by atoms with Gasteiger partial charge in [0.05, 0.1) is 5.69 Å². The van der Waals surface area contributed by atoms with Crippen molar-refractivity contribution in [3.8, 4) is 17.0 Å². The minimum absolute atomic E-state index is 0.148. The van der Waals surface area contributed by atoms with E-state index in [1.54, 1.807) is 12.1 Å². The molecule has 102 valence electrons. The van der Waals surface area contributed by atoms with E-state index in [0.717, 1.165) is 17.2 Å². The number of imidazole rings is 1.